The molecule has 1 aromatic rings. The highest BCUT2D eigenvalue weighted by Crippen LogP contribution is 2.28. The van der Waals surface area contributed by atoms with Crippen LogP contribution in [0, 0.1) is 5.92 Å². The van der Waals surface area contributed by atoms with Crippen LogP contribution in [-0.4, -0.2) is 64.3 Å². The van der Waals surface area contributed by atoms with Gasteiger partial charge in [-0.15, -0.1) is 0 Å². The van der Waals surface area contributed by atoms with Crippen LogP contribution in [0.3, 0.4) is 0 Å². The highest BCUT2D eigenvalue weighted by molar-refractivity contribution is 7.98. The molecule has 1 amide bonds. The topological polar surface area (TPSA) is 86.6 Å². The monoisotopic (exact) mass is 350 g/mol. The number of thioether (sulfide) groups is 1. The van der Waals surface area contributed by atoms with Crippen molar-refractivity contribution >= 4 is 29.5 Å². The van der Waals surface area contributed by atoms with Gasteiger partial charge in [0.1, 0.15) is 11.4 Å². The number of rotatable bonds is 4. The number of hydrogen-bond donors (Lipinski definition) is 1. The molecule has 0 radical (unpaired) electrons. The number of piperidine rings is 1. The van der Waals surface area contributed by atoms with Crippen LogP contribution in [0.2, 0.25) is 0 Å². The Morgan fingerprint density at radius 3 is 2.67 bits per heavy atom. The second kappa shape index (κ2) is 7.38. The lowest BCUT2D eigenvalue weighted by molar-refractivity contribution is -0.141. The molecule has 2 saturated heterocycles. The molecule has 1 atom stereocenters. The molecule has 0 aromatic carbocycles. The Kier molecular flexibility index (Phi) is 5.23. The smallest absolute Gasteiger partial charge is 0.308 e. The van der Waals surface area contributed by atoms with E-state index in [9.17, 15) is 14.7 Å². The number of hydrogen-bond acceptors (Lipinski definition) is 6. The van der Waals surface area contributed by atoms with E-state index in [0.29, 0.717) is 29.5 Å². The largest absolute Gasteiger partial charge is 0.481 e. The third kappa shape index (κ3) is 3.48. The van der Waals surface area contributed by atoms with Crippen LogP contribution in [0.4, 0.5) is 5.82 Å². The maximum atomic E-state index is 12.8. The first-order valence-corrected chi connectivity index (χ1v) is 9.50. The molecular weight excluding hydrogens is 328 g/mol. The lowest BCUT2D eigenvalue weighted by atomic mass is 9.98. The fourth-order valence-corrected chi connectivity index (χ4v) is 3.64. The summed E-state index contributed by atoms with van der Waals surface area (Å²) in [4.78, 5) is 36.7. The third-order valence-electron chi connectivity index (χ3n) is 4.62. The number of aliphatic carboxylic acids is 1. The molecule has 1 aromatic heterocycles. The van der Waals surface area contributed by atoms with Crippen LogP contribution in [0.1, 0.15) is 36.0 Å². The SMILES string of the molecule is CSc1ncc(C(=O)N2CCCC2)c(N2CCC[C@H](C(=O)O)C2)n1. The molecule has 2 fully saturated rings. The van der Waals surface area contributed by atoms with Crippen LogP contribution >= 0.6 is 11.8 Å². The molecule has 0 bridgehead atoms. The van der Waals surface area contributed by atoms with E-state index in [1.165, 1.54) is 11.8 Å². The lowest BCUT2D eigenvalue weighted by Crippen LogP contribution is -2.40. The Balaban J connectivity index is 1.91. The average Bonchev–Trinajstić information content (AvgIpc) is 3.15. The van der Waals surface area contributed by atoms with Crippen molar-refractivity contribution < 1.29 is 14.7 Å². The Bertz CT molecular complexity index is 634. The summed E-state index contributed by atoms with van der Waals surface area (Å²) in [6, 6.07) is 0. The maximum Gasteiger partial charge on any atom is 0.308 e. The number of likely N-dealkylation sites (tertiary alicyclic amines) is 1. The van der Waals surface area contributed by atoms with Gasteiger partial charge < -0.3 is 14.9 Å². The van der Waals surface area contributed by atoms with Crippen LogP contribution in [-0.2, 0) is 4.79 Å². The number of anilines is 1. The van der Waals surface area contributed by atoms with Crippen LogP contribution in [0.25, 0.3) is 0 Å². The quantitative estimate of drug-likeness (QED) is 0.654. The number of carbonyl (C=O) groups is 2. The Morgan fingerprint density at radius 1 is 1.25 bits per heavy atom. The number of carboxylic acid groups (broad SMARTS) is 1. The van der Waals surface area contributed by atoms with Gasteiger partial charge in [-0.25, -0.2) is 9.97 Å². The summed E-state index contributed by atoms with van der Waals surface area (Å²) in [6.45, 7) is 2.63. The van der Waals surface area contributed by atoms with Crippen molar-refractivity contribution in [2.45, 2.75) is 30.8 Å². The molecule has 24 heavy (non-hydrogen) atoms. The predicted molar refractivity (Wildman–Crippen MR) is 91.5 cm³/mol. The number of amides is 1. The number of aromatic nitrogens is 2. The molecule has 2 aliphatic heterocycles. The van der Waals surface area contributed by atoms with Crippen molar-refractivity contribution in [1.29, 1.82) is 0 Å². The van der Waals surface area contributed by atoms with E-state index in [1.807, 2.05) is 16.1 Å². The first kappa shape index (κ1) is 17.0. The van der Waals surface area contributed by atoms with Crippen molar-refractivity contribution in [1.82, 2.24) is 14.9 Å². The summed E-state index contributed by atoms with van der Waals surface area (Å²) in [5.41, 5.74) is 0.487. The molecule has 0 saturated carbocycles. The summed E-state index contributed by atoms with van der Waals surface area (Å²) in [7, 11) is 0. The minimum atomic E-state index is -0.786. The van der Waals surface area contributed by atoms with E-state index < -0.39 is 11.9 Å². The lowest BCUT2D eigenvalue weighted by Gasteiger charge is -2.33. The first-order valence-electron chi connectivity index (χ1n) is 8.28. The highest BCUT2D eigenvalue weighted by Gasteiger charge is 2.30. The van der Waals surface area contributed by atoms with Gasteiger partial charge in [-0.1, -0.05) is 11.8 Å². The predicted octanol–water partition coefficient (Wildman–Crippen LogP) is 1.74. The molecule has 1 N–H and O–H groups in total. The van der Waals surface area contributed by atoms with Crippen molar-refractivity contribution in [3.8, 4) is 0 Å². The average molecular weight is 350 g/mol. The van der Waals surface area contributed by atoms with Gasteiger partial charge in [0.15, 0.2) is 5.16 Å². The van der Waals surface area contributed by atoms with E-state index >= 15 is 0 Å². The Morgan fingerprint density at radius 2 is 2.00 bits per heavy atom. The van der Waals surface area contributed by atoms with E-state index in [-0.39, 0.29) is 5.91 Å². The fraction of sp³-hybridized carbons (Fsp3) is 0.625. The van der Waals surface area contributed by atoms with Crippen LogP contribution in [0.5, 0.6) is 0 Å². The third-order valence-corrected chi connectivity index (χ3v) is 5.18. The molecule has 130 valence electrons. The van der Waals surface area contributed by atoms with E-state index in [4.69, 9.17) is 0 Å². The minimum Gasteiger partial charge on any atom is -0.481 e. The summed E-state index contributed by atoms with van der Waals surface area (Å²) in [5, 5.41) is 9.91. The van der Waals surface area contributed by atoms with Gasteiger partial charge in [-0.05, 0) is 31.9 Å². The van der Waals surface area contributed by atoms with E-state index in [0.717, 1.165) is 38.9 Å². The number of carboxylic acids is 1. The zero-order valence-corrected chi connectivity index (χ0v) is 14.6. The van der Waals surface area contributed by atoms with Crippen molar-refractivity contribution in [2.75, 3.05) is 37.3 Å². The minimum absolute atomic E-state index is 0.0485. The van der Waals surface area contributed by atoms with Gasteiger partial charge in [0.05, 0.1) is 5.92 Å². The van der Waals surface area contributed by atoms with Gasteiger partial charge in [-0.3, -0.25) is 9.59 Å². The molecule has 2 aliphatic rings. The summed E-state index contributed by atoms with van der Waals surface area (Å²) >= 11 is 1.42. The fourth-order valence-electron chi connectivity index (χ4n) is 3.31. The van der Waals surface area contributed by atoms with Crippen LogP contribution < -0.4 is 4.90 Å². The van der Waals surface area contributed by atoms with Gasteiger partial charge in [0, 0.05) is 32.4 Å². The van der Waals surface area contributed by atoms with Gasteiger partial charge in [0.2, 0.25) is 0 Å². The summed E-state index contributed by atoms with van der Waals surface area (Å²) < 4.78 is 0. The highest BCUT2D eigenvalue weighted by atomic mass is 32.2. The standard InChI is InChI=1S/C16H22N4O3S/c1-24-16-17-9-12(14(21)19-6-2-3-7-19)13(18-16)20-8-4-5-11(10-20)15(22)23/h9,11H,2-8,10H2,1H3,(H,22,23)/t11-/m0/s1. The molecule has 8 heteroatoms. The molecule has 3 heterocycles. The van der Waals surface area contributed by atoms with Gasteiger partial charge >= 0.3 is 5.97 Å². The summed E-state index contributed by atoms with van der Waals surface area (Å²) in [6.07, 6.45) is 6.98. The summed E-state index contributed by atoms with van der Waals surface area (Å²) in [5.74, 6) is -0.669. The molecule has 0 spiro atoms. The second-order valence-electron chi connectivity index (χ2n) is 6.22. The van der Waals surface area contributed by atoms with Crippen molar-refractivity contribution in [2.24, 2.45) is 5.92 Å². The first-order chi connectivity index (χ1) is 11.6. The molecular formula is C16H22N4O3S. The zero-order chi connectivity index (χ0) is 17.1. The van der Waals surface area contributed by atoms with Gasteiger partial charge in [0.25, 0.3) is 5.91 Å². The zero-order valence-electron chi connectivity index (χ0n) is 13.8. The van der Waals surface area contributed by atoms with E-state index in [1.54, 1.807) is 6.20 Å². The Labute approximate surface area is 145 Å². The molecule has 3 rings (SSSR count). The van der Waals surface area contributed by atoms with Gasteiger partial charge in [-0.2, -0.15) is 0 Å². The van der Waals surface area contributed by atoms with E-state index in [2.05, 4.69) is 9.97 Å². The normalized spacial score (nSPS) is 21.1. The van der Waals surface area contributed by atoms with Crippen molar-refractivity contribution in [3.05, 3.63) is 11.8 Å². The Hall–Kier alpha value is -1.83. The molecule has 0 unspecified atom stereocenters. The van der Waals surface area contributed by atoms with Crippen molar-refractivity contribution in [3.63, 3.8) is 0 Å². The number of nitrogens with zero attached hydrogens (tertiary/aromatic N) is 4. The maximum absolute atomic E-state index is 12.8. The molecule has 7 nitrogen and oxygen atoms in total. The number of carbonyl (C=O) groups excluding carboxylic acids is 1. The molecule has 0 aliphatic carbocycles. The second-order valence-corrected chi connectivity index (χ2v) is 6.99. The van der Waals surface area contributed by atoms with Crippen LogP contribution in [0.15, 0.2) is 11.4 Å².